The Morgan fingerprint density at radius 3 is 1.17 bits per heavy atom. The number of carboxylic acid groups (broad SMARTS) is 2. The van der Waals surface area contributed by atoms with E-state index in [4.69, 9.17) is 0 Å². The summed E-state index contributed by atoms with van der Waals surface area (Å²) in [5, 5.41) is 38.1. The molecule has 0 spiro atoms. The van der Waals surface area contributed by atoms with E-state index in [2.05, 4.69) is 4.74 Å². The number of hydrogen-bond donors (Lipinski definition) is 0. The van der Waals surface area contributed by atoms with Gasteiger partial charge < -0.3 is 34.8 Å². The zero-order valence-electron chi connectivity index (χ0n) is 10.9. The predicted molar refractivity (Wildman–Crippen MR) is 51.1 cm³/mol. The number of carbonyl (C=O) groups excluding carboxylic acids is 2. The normalized spacial score (nSPS) is 8.44. The molecule has 0 saturated carbocycles. The summed E-state index contributed by atoms with van der Waals surface area (Å²) in [5.41, 5.74) is 0. The molecule has 0 aliphatic heterocycles. The average molecular weight is 298 g/mol. The van der Waals surface area contributed by atoms with Gasteiger partial charge in [0.2, 0.25) is 0 Å². The van der Waals surface area contributed by atoms with Crippen LogP contribution in [-0.4, -0.2) is 37.4 Å². The van der Waals surface area contributed by atoms with Gasteiger partial charge in [0.1, 0.15) is 0 Å². The van der Waals surface area contributed by atoms with Gasteiger partial charge in [-0.15, -0.1) is 12.2 Å². The fourth-order valence-electron chi connectivity index (χ4n) is 0.218. The number of carboxylic acids is 2. The molecule has 0 N–H and O–H groups in total. The molecule has 0 bridgehead atoms. The number of hydrogen-bond acceptors (Lipinski definition) is 7. The van der Waals surface area contributed by atoms with E-state index in [9.17, 15) is 30.0 Å². The molecule has 0 heterocycles. The van der Waals surface area contributed by atoms with Gasteiger partial charge in [-0.25, -0.2) is 0 Å². The van der Waals surface area contributed by atoms with E-state index < -0.39 is 37.4 Å². The molecule has 0 fully saturated rings. The van der Waals surface area contributed by atoms with Crippen molar-refractivity contribution in [1.82, 2.24) is 0 Å². The van der Waals surface area contributed by atoms with Gasteiger partial charge in [0.05, 0.1) is 25.2 Å². The van der Waals surface area contributed by atoms with Crippen LogP contribution < -0.4 is 20.4 Å². The van der Waals surface area contributed by atoms with E-state index in [1.54, 1.807) is 27.7 Å². The molecular formula is C10H18O7Ti. The molecule has 8 heteroatoms. The first-order valence-electron chi connectivity index (χ1n) is 4.88. The quantitative estimate of drug-likeness (QED) is 0.482. The zero-order valence-corrected chi connectivity index (χ0v) is 12.5. The fraction of sp³-hybridized carbons (Fsp3) is 0.800. The minimum absolute atomic E-state index is 0. The van der Waals surface area contributed by atoms with Crippen molar-refractivity contribution in [2.45, 2.75) is 39.9 Å². The first kappa shape index (κ1) is 26.2. The van der Waals surface area contributed by atoms with Gasteiger partial charge in [-0.3, -0.25) is 0 Å². The molecule has 18 heavy (non-hydrogen) atoms. The van der Waals surface area contributed by atoms with Gasteiger partial charge in [0, 0.05) is 0 Å². The van der Waals surface area contributed by atoms with Gasteiger partial charge in [-0.1, -0.05) is 27.7 Å². The summed E-state index contributed by atoms with van der Waals surface area (Å²) in [5.74, 6) is -2.90. The van der Waals surface area contributed by atoms with Gasteiger partial charge in [0.15, 0.2) is 0 Å². The van der Waals surface area contributed by atoms with Crippen LogP contribution in [-0.2, 0) is 36.0 Å². The van der Waals surface area contributed by atoms with Crippen LogP contribution in [0.25, 0.3) is 0 Å². The molecule has 0 unspecified atom stereocenters. The topological polar surface area (TPSA) is 136 Å². The van der Waals surface area contributed by atoms with E-state index in [0.29, 0.717) is 0 Å². The summed E-state index contributed by atoms with van der Waals surface area (Å²) < 4.78 is 4.03. The van der Waals surface area contributed by atoms with Crippen LogP contribution in [0.4, 0.5) is 0 Å². The molecule has 104 valence electrons. The largest absolute Gasteiger partial charge is 4.00 e. The van der Waals surface area contributed by atoms with E-state index in [-0.39, 0.29) is 21.7 Å². The molecule has 0 aliphatic carbocycles. The maximum atomic E-state index is 9.53. The van der Waals surface area contributed by atoms with E-state index in [0.717, 1.165) is 0 Å². The maximum Gasteiger partial charge on any atom is 4.00 e. The standard InChI is InChI=1S/C4H6O5.2C3H7O.Ti/c5-3(6)1-9-2-4(7)8;2*1-3(2)4;/h1-2H2,(H,5,6)(H,7,8);2*3H,1-2H3;/q;2*-1;+4/p-2. The zero-order chi connectivity index (χ0) is 14.4. The molecule has 0 aliphatic rings. The Kier molecular flexibility index (Phi) is 27.5. The number of carbonyl (C=O) groups is 2. The number of ether oxygens (including phenoxy) is 1. The first-order valence-corrected chi connectivity index (χ1v) is 4.88. The molecule has 0 amide bonds. The summed E-state index contributed by atoms with van der Waals surface area (Å²) in [4.78, 5) is 19.1. The van der Waals surface area contributed by atoms with Crippen molar-refractivity contribution in [1.29, 1.82) is 0 Å². The third-order valence-corrected chi connectivity index (χ3v) is 0.440. The van der Waals surface area contributed by atoms with E-state index >= 15 is 0 Å². The van der Waals surface area contributed by atoms with Crippen molar-refractivity contribution in [3.63, 3.8) is 0 Å². The van der Waals surface area contributed by atoms with Crippen LogP contribution in [0.5, 0.6) is 0 Å². The smallest absolute Gasteiger partial charge is 0.852 e. The summed E-state index contributed by atoms with van der Waals surface area (Å²) in [6.45, 7) is 5.02. The SMILES string of the molecule is CC(C)[O-].CC(C)[O-].O=C([O-])COCC(=O)[O-].[Ti+4]. The Labute approximate surface area is 122 Å². The second-order valence-corrected chi connectivity index (χ2v) is 3.33. The Balaban J connectivity index is -0.0000000922. The number of rotatable bonds is 4. The summed E-state index contributed by atoms with van der Waals surface area (Å²) in [6.07, 6.45) is -0.833. The van der Waals surface area contributed by atoms with Crippen molar-refractivity contribution in [3.05, 3.63) is 0 Å². The van der Waals surface area contributed by atoms with Crippen molar-refractivity contribution < 1.29 is 56.5 Å². The van der Waals surface area contributed by atoms with Crippen molar-refractivity contribution in [2.24, 2.45) is 0 Å². The Hall–Kier alpha value is -0.466. The minimum atomic E-state index is -1.45. The Bertz CT molecular complexity index is 169. The van der Waals surface area contributed by atoms with Crippen LogP contribution in [0.1, 0.15) is 27.7 Å². The molecule has 7 nitrogen and oxygen atoms in total. The average Bonchev–Trinajstić information content (AvgIpc) is 1.99. The maximum absolute atomic E-state index is 9.53. The molecular weight excluding hydrogens is 280 g/mol. The third kappa shape index (κ3) is 107. The number of aliphatic carboxylic acids is 2. The molecule has 0 aromatic heterocycles. The monoisotopic (exact) mass is 298 g/mol. The van der Waals surface area contributed by atoms with Crippen LogP contribution >= 0.6 is 0 Å². The van der Waals surface area contributed by atoms with Crippen molar-refractivity contribution >= 4 is 11.9 Å². The van der Waals surface area contributed by atoms with Gasteiger partial charge in [-0.2, -0.15) is 0 Å². The van der Waals surface area contributed by atoms with E-state index in [1.165, 1.54) is 0 Å². The predicted octanol–water partition coefficient (Wildman–Crippen LogP) is -3.99. The summed E-state index contributed by atoms with van der Waals surface area (Å²) >= 11 is 0. The van der Waals surface area contributed by atoms with Gasteiger partial charge >= 0.3 is 21.7 Å². The Morgan fingerprint density at radius 2 is 1.06 bits per heavy atom. The molecule has 0 saturated heterocycles. The molecule has 0 aromatic carbocycles. The van der Waals surface area contributed by atoms with Crippen LogP contribution in [0.15, 0.2) is 0 Å². The van der Waals surface area contributed by atoms with Crippen LogP contribution in [0.3, 0.4) is 0 Å². The summed E-state index contributed by atoms with van der Waals surface area (Å²) in [7, 11) is 0. The third-order valence-electron chi connectivity index (χ3n) is 0.440. The van der Waals surface area contributed by atoms with Gasteiger partial charge in [0.25, 0.3) is 0 Å². The second-order valence-electron chi connectivity index (χ2n) is 3.33. The van der Waals surface area contributed by atoms with Crippen molar-refractivity contribution in [3.8, 4) is 0 Å². The van der Waals surface area contributed by atoms with E-state index in [1.807, 2.05) is 0 Å². The fourth-order valence-corrected chi connectivity index (χ4v) is 0.218. The molecule has 0 atom stereocenters. The van der Waals surface area contributed by atoms with Gasteiger partial charge in [-0.05, 0) is 0 Å². The molecule has 0 aromatic rings. The minimum Gasteiger partial charge on any atom is -0.852 e. The van der Waals surface area contributed by atoms with Crippen LogP contribution in [0.2, 0.25) is 0 Å². The molecule has 0 radical (unpaired) electrons. The van der Waals surface area contributed by atoms with Crippen molar-refractivity contribution in [2.75, 3.05) is 13.2 Å². The Morgan fingerprint density at radius 1 is 0.889 bits per heavy atom. The second kappa shape index (κ2) is 18.9. The van der Waals surface area contributed by atoms with Crippen LogP contribution in [0, 0.1) is 0 Å². The molecule has 0 rings (SSSR count). The first-order chi connectivity index (χ1) is 7.59. The summed E-state index contributed by atoms with van der Waals surface area (Å²) in [6, 6.07) is 0.